The number of nitrogens with zero attached hydrogens (tertiary/aromatic N) is 2. The highest BCUT2D eigenvalue weighted by molar-refractivity contribution is 5.98. The molecule has 0 saturated carbocycles. The maximum atomic E-state index is 10.9. The zero-order chi connectivity index (χ0) is 11.3. The van der Waals surface area contributed by atoms with Gasteiger partial charge in [-0.05, 0) is 19.9 Å². The Morgan fingerprint density at radius 2 is 2.13 bits per heavy atom. The van der Waals surface area contributed by atoms with Gasteiger partial charge in [-0.3, -0.25) is 4.79 Å². The van der Waals surface area contributed by atoms with E-state index in [4.69, 9.17) is 4.74 Å². The maximum Gasteiger partial charge on any atom is 0.316 e. The molecule has 0 atom stereocenters. The Labute approximate surface area is 88.2 Å². The molecule has 1 amide bonds. The van der Waals surface area contributed by atoms with Gasteiger partial charge in [0.05, 0.1) is 24.2 Å². The quantitative estimate of drug-likeness (QED) is 0.758. The first-order valence-corrected chi connectivity index (χ1v) is 4.54. The summed E-state index contributed by atoms with van der Waals surface area (Å²) in [5.41, 5.74) is 0.510. The van der Waals surface area contributed by atoms with E-state index < -0.39 is 0 Å². The third-order valence-corrected chi connectivity index (χ3v) is 1.42. The predicted molar refractivity (Wildman–Crippen MR) is 56.6 cm³/mol. The van der Waals surface area contributed by atoms with E-state index in [0.29, 0.717) is 11.7 Å². The lowest BCUT2D eigenvalue weighted by atomic mass is 10.5. The summed E-state index contributed by atoms with van der Waals surface area (Å²) in [4.78, 5) is 18.8. The van der Waals surface area contributed by atoms with E-state index in [2.05, 4.69) is 21.9 Å². The summed E-state index contributed by atoms with van der Waals surface area (Å²) in [6.45, 7) is 7.11. The topological polar surface area (TPSA) is 64.1 Å². The van der Waals surface area contributed by atoms with Gasteiger partial charge in [-0.15, -0.1) is 0 Å². The summed E-state index contributed by atoms with van der Waals surface area (Å²) in [5.74, 6) is -0.295. The highest BCUT2D eigenvalue weighted by Crippen LogP contribution is 2.08. The molecule has 1 rings (SSSR count). The lowest BCUT2D eigenvalue weighted by molar-refractivity contribution is -0.111. The molecule has 0 aliphatic rings. The van der Waals surface area contributed by atoms with Crippen molar-refractivity contribution in [2.24, 2.45) is 0 Å². The van der Waals surface area contributed by atoms with Crippen molar-refractivity contribution >= 4 is 11.6 Å². The van der Waals surface area contributed by atoms with Crippen LogP contribution in [0.4, 0.5) is 5.69 Å². The van der Waals surface area contributed by atoms with Crippen LogP contribution in [0.15, 0.2) is 25.0 Å². The number of carbonyl (C=O) groups excluding carboxylic acids is 1. The fraction of sp³-hybridized carbons (Fsp3) is 0.300. The van der Waals surface area contributed by atoms with Crippen LogP contribution in [-0.2, 0) is 4.79 Å². The molecule has 1 heterocycles. The molecule has 1 aromatic rings. The standard InChI is InChI=1S/C10H13N3O2/c1-4-9(14)13-8-5-11-10(12-6-8)15-7(2)3/h4-7H,1H2,2-3H3,(H,13,14). The number of nitrogens with one attached hydrogen (secondary N) is 1. The first-order valence-electron chi connectivity index (χ1n) is 4.54. The van der Waals surface area contributed by atoms with Crippen LogP contribution < -0.4 is 10.1 Å². The van der Waals surface area contributed by atoms with Crippen LogP contribution in [0, 0.1) is 0 Å². The van der Waals surface area contributed by atoms with Crippen molar-refractivity contribution in [2.45, 2.75) is 20.0 Å². The second kappa shape index (κ2) is 5.09. The van der Waals surface area contributed by atoms with Gasteiger partial charge >= 0.3 is 6.01 Å². The van der Waals surface area contributed by atoms with Crippen molar-refractivity contribution in [3.63, 3.8) is 0 Å². The maximum absolute atomic E-state index is 10.9. The Morgan fingerprint density at radius 3 is 2.60 bits per heavy atom. The van der Waals surface area contributed by atoms with Crippen molar-refractivity contribution in [1.29, 1.82) is 0 Å². The highest BCUT2D eigenvalue weighted by Gasteiger charge is 2.02. The Bertz CT molecular complexity index is 346. The van der Waals surface area contributed by atoms with E-state index in [9.17, 15) is 4.79 Å². The van der Waals surface area contributed by atoms with Gasteiger partial charge in [-0.2, -0.15) is 0 Å². The van der Waals surface area contributed by atoms with Crippen molar-refractivity contribution in [3.05, 3.63) is 25.0 Å². The summed E-state index contributed by atoms with van der Waals surface area (Å²) in [6.07, 6.45) is 4.16. The fourth-order valence-electron chi connectivity index (χ4n) is 0.846. The number of ether oxygens (including phenoxy) is 1. The van der Waals surface area contributed by atoms with Gasteiger partial charge in [0, 0.05) is 0 Å². The van der Waals surface area contributed by atoms with Gasteiger partial charge in [0.1, 0.15) is 0 Å². The summed E-state index contributed by atoms with van der Waals surface area (Å²) in [6, 6.07) is 0.293. The van der Waals surface area contributed by atoms with Crippen LogP contribution in [-0.4, -0.2) is 22.0 Å². The van der Waals surface area contributed by atoms with E-state index in [1.165, 1.54) is 18.5 Å². The second-order valence-electron chi connectivity index (χ2n) is 3.11. The second-order valence-corrected chi connectivity index (χ2v) is 3.11. The number of aromatic nitrogens is 2. The molecule has 0 aliphatic heterocycles. The van der Waals surface area contributed by atoms with Crippen molar-refractivity contribution < 1.29 is 9.53 Å². The third kappa shape index (κ3) is 3.76. The van der Waals surface area contributed by atoms with Gasteiger partial charge in [-0.25, -0.2) is 9.97 Å². The summed E-state index contributed by atoms with van der Waals surface area (Å²) in [7, 11) is 0. The Kier molecular flexibility index (Phi) is 3.79. The first kappa shape index (κ1) is 11.2. The molecular formula is C10H13N3O2. The van der Waals surface area contributed by atoms with Crippen molar-refractivity contribution in [1.82, 2.24) is 9.97 Å². The molecule has 0 aromatic carbocycles. The Morgan fingerprint density at radius 1 is 1.53 bits per heavy atom. The van der Waals surface area contributed by atoms with E-state index >= 15 is 0 Å². The number of rotatable bonds is 4. The lowest BCUT2D eigenvalue weighted by Gasteiger charge is -2.07. The molecule has 0 saturated heterocycles. The number of amides is 1. The number of anilines is 1. The van der Waals surface area contributed by atoms with Crippen LogP contribution in [0.2, 0.25) is 0 Å². The van der Waals surface area contributed by atoms with E-state index in [0.717, 1.165) is 0 Å². The van der Waals surface area contributed by atoms with Crippen LogP contribution in [0.5, 0.6) is 6.01 Å². The molecule has 1 aromatic heterocycles. The van der Waals surface area contributed by atoms with Gasteiger partial charge < -0.3 is 10.1 Å². The van der Waals surface area contributed by atoms with Crippen molar-refractivity contribution in [3.8, 4) is 6.01 Å². The summed E-state index contributed by atoms with van der Waals surface area (Å²) in [5, 5.41) is 2.53. The van der Waals surface area contributed by atoms with Gasteiger partial charge in [0.2, 0.25) is 5.91 Å². The minimum absolute atomic E-state index is 0.0265. The molecule has 0 spiro atoms. The number of hydrogen-bond donors (Lipinski definition) is 1. The average Bonchev–Trinajstić information content (AvgIpc) is 2.20. The van der Waals surface area contributed by atoms with E-state index in [1.807, 2.05) is 13.8 Å². The molecule has 15 heavy (non-hydrogen) atoms. The number of hydrogen-bond acceptors (Lipinski definition) is 4. The van der Waals surface area contributed by atoms with Gasteiger partial charge in [0.15, 0.2) is 0 Å². The number of carbonyl (C=O) groups is 1. The first-order chi connectivity index (χ1) is 7.11. The van der Waals surface area contributed by atoms with E-state index in [1.54, 1.807) is 0 Å². The fourth-order valence-corrected chi connectivity index (χ4v) is 0.846. The molecule has 0 fully saturated rings. The highest BCUT2D eigenvalue weighted by atomic mass is 16.5. The lowest BCUT2D eigenvalue weighted by Crippen LogP contribution is -2.10. The summed E-state index contributed by atoms with van der Waals surface area (Å²) < 4.78 is 5.25. The smallest absolute Gasteiger partial charge is 0.316 e. The van der Waals surface area contributed by atoms with Crippen molar-refractivity contribution in [2.75, 3.05) is 5.32 Å². The molecule has 0 radical (unpaired) electrons. The van der Waals surface area contributed by atoms with Crippen LogP contribution >= 0.6 is 0 Å². The molecule has 0 bridgehead atoms. The molecule has 80 valence electrons. The normalized spacial score (nSPS) is 9.80. The van der Waals surface area contributed by atoms with Crippen LogP contribution in [0.3, 0.4) is 0 Å². The Hall–Kier alpha value is -1.91. The minimum atomic E-state index is -0.295. The van der Waals surface area contributed by atoms with Gasteiger partial charge in [0.25, 0.3) is 0 Å². The molecule has 5 nitrogen and oxygen atoms in total. The average molecular weight is 207 g/mol. The molecule has 1 N–H and O–H groups in total. The minimum Gasteiger partial charge on any atom is -0.461 e. The van der Waals surface area contributed by atoms with Gasteiger partial charge in [-0.1, -0.05) is 6.58 Å². The molecule has 0 aliphatic carbocycles. The van der Waals surface area contributed by atoms with Crippen LogP contribution in [0.1, 0.15) is 13.8 Å². The van der Waals surface area contributed by atoms with E-state index in [-0.39, 0.29) is 12.0 Å². The molecule has 0 unspecified atom stereocenters. The van der Waals surface area contributed by atoms with Crippen LogP contribution in [0.25, 0.3) is 0 Å². The SMILES string of the molecule is C=CC(=O)Nc1cnc(OC(C)C)nc1. The zero-order valence-corrected chi connectivity index (χ0v) is 8.73. The largest absolute Gasteiger partial charge is 0.461 e. The monoisotopic (exact) mass is 207 g/mol. The molecular weight excluding hydrogens is 194 g/mol. The zero-order valence-electron chi connectivity index (χ0n) is 8.73. The predicted octanol–water partition coefficient (Wildman–Crippen LogP) is 1.39. The summed E-state index contributed by atoms with van der Waals surface area (Å²) >= 11 is 0. The third-order valence-electron chi connectivity index (χ3n) is 1.42. The molecule has 5 heteroatoms. The Balaban J connectivity index is 2.63.